The van der Waals surface area contributed by atoms with E-state index in [-0.39, 0.29) is 49.1 Å². The van der Waals surface area contributed by atoms with Crippen molar-refractivity contribution in [3.8, 4) is 5.75 Å². The van der Waals surface area contributed by atoms with Gasteiger partial charge in [0.1, 0.15) is 11.3 Å². The first-order valence-electron chi connectivity index (χ1n) is 10.7. The fourth-order valence-corrected chi connectivity index (χ4v) is 3.19. The van der Waals surface area contributed by atoms with Gasteiger partial charge in [-0.05, 0) is 18.6 Å². The summed E-state index contributed by atoms with van der Waals surface area (Å²) in [6, 6.07) is 6.51. The third-order valence-corrected chi connectivity index (χ3v) is 4.86. The number of esters is 1. The minimum Gasteiger partial charge on any atom is -0.507 e. The molecule has 0 saturated heterocycles. The molecule has 27 heavy (non-hydrogen) atoms. The molecule has 150 valence electrons. The number of aromatic hydroxyl groups is 1. The van der Waals surface area contributed by atoms with Gasteiger partial charge in [0.15, 0.2) is 0 Å². The van der Waals surface area contributed by atoms with Crippen LogP contribution in [0.1, 0.15) is 107 Å². The van der Waals surface area contributed by atoms with Crippen LogP contribution in [0.2, 0.25) is 0 Å². The fourth-order valence-electron chi connectivity index (χ4n) is 3.19. The van der Waals surface area contributed by atoms with Gasteiger partial charge in [-0.3, -0.25) is 0 Å². The molecule has 0 saturated carbocycles. The van der Waals surface area contributed by atoms with E-state index in [1.807, 2.05) is 0 Å². The molecule has 2 radical (unpaired) electrons. The molecule has 0 spiro atoms. The van der Waals surface area contributed by atoms with E-state index in [0.29, 0.717) is 6.61 Å². The molecule has 0 heterocycles. The van der Waals surface area contributed by atoms with Crippen molar-refractivity contribution in [1.29, 1.82) is 0 Å². The monoisotopic (exact) mass is 402 g/mol. The van der Waals surface area contributed by atoms with Crippen LogP contribution in [0, 0.1) is 0 Å². The van der Waals surface area contributed by atoms with E-state index < -0.39 is 5.97 Å². The fraction of sp³-hybridized carbons (Fsp3) is 0.696. The summed E-state index contributed by atoms with van der Waals surface area (Å²) in [5.74, 6) is -0.448. The molecule has 0 aromatic heterocycles. The Morgan fingerprint density at radius 1 is 0.778 bits per heavy atom. The van der Waals surface area contributed by atoms with E-state index >= 15 is 0 Å². The summed E-state index contributed by atoms with van der Waals surface area (Å²) in [7, 11) is 0. The van der Waals surface area contributed by atoms with Crippen molar-refractivity contribution in [3.05, 3.63) is 29.8 Å². The number of benzene rings is 1. The smallest absolute Gasteiger partial charge is 0.341 e. The average molecular weight is 403 g/mol. The van der Waals surface area contributed by atoms with Crippen LogP contribution in [0.5, 0.6) is 5.75 Å². The number of ether oxygens (including phenoxy) is 1. The summed E-state index contributed by atoms with van der Waals surface area (Å²) in [6.07, 6.45) is 18.3. The maximum absolute atomic E-state index is 11.8. The molecule has 1 aromatic rings. The third kappa shape index (κ3) is 14.4. The maximum atomic E-state index is 11.8. The van der Waals surface area contributed by atoms with Gasteiger partial charge in [0.25, 0.3) is 0 Å². The number of hydrogen-bond donors (Lipinski definition) is 1. The normalized spacial score (nSPS) is 10.4. The molecule has 0 unspecified atom stereocenters. The predicted molar refractivity (Wildman–Crippen MR) is 114 cm³/mol. The first-order chi connectivity index (χ1) is 12.8. The number of unbranched alkanes of at least 4 members (excludes halogenated alkanes) is 13. The SMILES string of the molecule is CCCCCCCCCCCCCCCCOC(=O)c1ccccc1O.[Ca]. The topological polar surface area (TPSA) is 46.5 Å². The Balaban J connectivity index is 0.00000676. The summed E-state index contributed by atoms with van der Waals surface area (Å²) in [6.45, 7) is 2.70. The first-order valence-corrected chi connectivity index (χ1v) is 10.7. The van der Waals surface area contributed by atoms with Gasteiger partial charge in [-0.25, -0.2) is 4.79 Å². The molecule has 3 nitrogen and oxygen atoms in total. The minimum absolute atomic E-state index is 0. The minimum atomic E-state index is -0.433. The maximum Gasteiger partial charge on any atom is 0.341 e. The van der Waals surface area contributed by atoms with E-state index in [4.69, 9.17) is 4.74 Å². The summed E-state index contributed by atoms with van der Waals surface area (Å²) in [5.41, 5.74) is 0.248. The van der Waals surface area contributed by atoms with Gasteiger partial charge in [0.05, 0.1) is 6.61 Å². The van der Waals surface area contributed by atoms with Gasteiger partial charge in [-0.2, -0.15) is 0 Å². The van der Waals surface area contributed by atoms with E-state index in [0.717, 1.165) is 12.8 Å². The van der Waals surface area contributed by atoms with Crippen LogP contribution < -0.4 is 0 Å². The Labute approximate surface area is 196 Å². The van der Waals surface area contributed by atoms with Crippen LogP contribution in [0.15, 0.2) is 24.3 Å². The molecule has 4 heteroatoms. The number of phenols is 1. The standard InChI is InChI=1S/C23H38O3.Ca/c1-2-3-4-5-6-7-8-9-10-11-12-13-14-17-20-26-23(25)21-18-15-16-19-22(21)24;/h15-16,18-19,24H,2-14,17,20H2,1H3;. The van der Waals surface area contributed by atoms with Gasteiger partial charge < -0.3 is 9.84 Å². The molecule has 1 rings (SSSR count). The van der Waals surface area contributed by atoms with Gasteiger partial charge in [0, 0.05) is 37.7 Å². The number of carbonyl (C=O) groups is 1. The van der Waals surface area contributed by atoms with Crippen molar-refractivity contribution >= 4 is 43.7 Å². The Kier molecular flexibility index (Phi) is 18.9. The number of rotatable bonds is 16. The number of carbonyl (C=O) groups excluding carboxylic acids is 1. The van der Waals surface area contributed by atoms with E-state index in [1.54, 1.807) is 18.2 Å². The van der Waals surface area contributed by atoms with Gasteiger partial charge >= 0.3 is 5.97 Å². The molecule has 0 aliphatic carbocycles. The van der Waals surface area contributed by atoms with E-state index in [9.17, 15) is 9.90 Å². The molecule has 0 aliphatic rings. The second-order valence-electron chi connectivity index (χ2n) is 7.25. The summed E-state index contributed by atoms with van der Waals surface area (Å²) < 4.78 is 5.22. The third-order valence-electron chi connectivity index (χ3n) is 4.86. The van der Waals surface area contributed by atoms with E-state index in [2.05, 4.69) is 6.92 Å². The Morgan fingerprint density at radius 3 is 1.70 bits per heavy atom. The Hall–Kier alpha value is -0.250. The zero-order valence-corrected chi connectivity index (χ0v) is 19.6. The van der Waals surface area contributed by atoms with Crippen molar-refractivity contribution in [2.45, 2.75) is 96.8 Å². The number of hydrogen-bond acceptors (Lipinski definition) is 3. The van der Waals surface area contributed by atoms with Gasteiger partial charge in [-0.15, -0.1) is 0 Å². The van der Waals surface area contributed by atoms with Crippen LogP contribution in [0.25, 0.3) is 0 Å². The van der Waals surface area contributed by atoms with Gasteiger partial charge in [-0.1, -0.05) is 103 Å². The van der Waals surface area contributed by atoms with Gasteiger partial charge in [0.2, 0.25) is 0 Å². The van der Waals surface area contributed by atoms with Crippen molar-refractivity contribution in [2.75, 3.05) is 6.61 Å². The summed E-state index contributed by atoms with van der Waals surface area (Å²) in [4.78, 5) is 11.8. The quantitative estimate of drug-likeness (QED) is 0.191. The molecule has 0 aliphatic heterocycles. The van der Waals surface area contributed by atoms with Crippen LogP contribution in [-0.2, 0) is 4.74 Å². The summed E-state index contributed by atoms with van der Waals surface area (Å²) >= 11 is 0. The number of para-hydroxylation sites is 1. The van der Waals surface area contributed by atoms with E-state index in [1.165, 1.54) is 83.1 Å². The molecular formula is C23H38CaO3. The van der Waals surface area contributed by atoms with Crippen LogP contribution >= 0.6 is 0 Å². The van der Waals surface area contributed by atoms with Crippen molar-refractivity contribution < 1.29 is 14.6 Å². The zero-order chi connectivity index (χ0) is 18.9. The van der Waals surface area contributed by atoms with Crippen LogP contribution in [0.3, 0.4) is 0 Å². The van der Waals surface area contributed by atoms with Crippen molar-refractivity contribution in [1.82, 2.24) is 0 Å². The number of phenolic OH excluding ortho intramolecular Hbond substituents is 1. The molecular weight excluding hydrogens is 364 g/mol. The Bertz CT molecular complexity index is 476. The Morgan fingerprint density at radius 2 is 1.22 bits per heavy atom. The molecule has 1 aromatic carbocycles. The van der Waals surface area contributed by atoms with Crippen LogP contribution in [-0.4, -0.2) is 55.4 Å². The largest absolute Gasteiger partial charge is 0.507 e. The zero-order valence-electron chi connectivity index (χ0n) is 17.4. The molecule has 0 bridgehead atoms. The molecule has 1 N–H and O–H groups in total. The second-order valence-corrected chi connectivity index (χ2v) is 7.25. The van der Waals surface area contributed by atoms with Crippen LogP contribution in [0.4, 0.5) is 0 Å². The molecule has 0 amide bonds. The van der Waals surface area contributed by atoms with Crippen molar-refractivity contribution in [2.24, 2.45) is 0 Å². The van der Waals surface area contributed by atoms with Crippen molar-refractivity contribution in [3.63, 3.8) is 0 Å². The molecule has 0 atom stereocenters. The molecule has 0 fully saturated rings. The second kappa shape index (κ2) is 19.1. The summed E-state index contributed by atoms with van der Waals surface area (Å²) in [5, 5.41) is 9.61. The average Bonchev–Trinajstić information content (AvgIpc) is 2.65. The first kappa shape index (κ1) is 26.7. The predicted octanol–water partition coefficient (Wildman–Crippen LogP) is 6.65.